The maximum atomic E-state index is 10.9. The fraction of sp³-hybridized carbons (Fsp3) is 0.571. The van der Waals surface area contributed by atoms with Gasteiger partial charge < -0.3 is 16.2 Å². The Morgan fingerprint density at radius 2 is 2.00 bits per heavy atom. The summed E-state index contributed by atoms with van der Waals surface area (Å²) in [5.41, 5.74) is 4.81. The minimum atomic E-state index is -1.20. The van der Waals surface area contributed by atoms with Crippen molar-refractivity contribution in [2.45, 2.75) is 13.3 Å². The summed E-state index contributed by atoms with van der Waals surface area (Å²) >= 11 is 0. The molecule has 0 aromatic rings. The predicted molar refractivity (Wildman–Crippen MR) is 43.6 cm³/mol. The van der Waals surface area contributed by atoms with Gasteiger partial charge in [0.15, 0.2) is 0 Å². The molecule has 0 spiro atoms. The van der Waals surface area contributed by atoms with Crippen LogP contribution in [-0.2, 0) is 14.4 Å². The number of hydrogen-bond donors (Lipinski definition) is 3. The Morgan fingerprint density at radius 3 is 2.38 bits per heavy atom. The summed E-state index contributed by atoms with van der Waals surface area (Å²) in [5, 5.41) is 10.7. The molecule has 0 aliphatic carbocycles. The summed E-state index contributed by atoms with van der Waals surface area (Å²) < 4.78 is 0. The fourth-order valence-electron chi connectivity index (χ4n) is 0.574. The van der Waals surface area contributed by atoms with E-state index in [0.29, 0.717) is 0 Å². The highest BCUT2D eigenvalue weighted by molar-refractivity contribution is 5.96. The zero-order chi connectivity index (χ0) is 10.4. The van der Waals surface area contributed by atoms with Crippen molar-refractivity contribution in [3.05, 3.63) is 0 Å². The van der Waals surface area contributed by atoms with Crippen molar-refractivity contribution in [1.29, 1.82) is 0 Å². The normalized spacial score (nSPS) is 11.8. The van der Waals surface area contributed by atoms with Crippen molar-refractivity contribution in [2.24, 2.45) is 11.7 Å². The zero-order valence-corrected chi connectivity index (χ0v) is 7.24. The predicted octanol–water partition coefficient (Wildman–Crippen LogP) is -1.30. The molecule has 0 aliphatic heterocycles. The molecule has 0 aromatic carbocycles. The Morgan fingerprint density at radius 1 is 1.46 bits per heavy atom. The van der Waals surface area contributed by atoms with Crippen molar-refractivity contribution in [3.63, 3.8) is 0 Å². The third-order valence-electron chi connectivity index (χ3n) is 1.43. The van der Waals surface area contributed by atoms with E-state index in [2.05, 4.69) is 5.32 Å². The molecule has 0 rings (SSSR count). The van der Waals surface area contributed by atoms with Crippen LogP contribution in [0.4, 0.5) is 0 Å². The molecule has 1 unspecified atom stereocenters. The topological polar surface area (TPSA) is 109 Å². The lowest BCUT2D eigenvalue weighted by Crippen LogP contribution is -2.35. The van der Waals surface area contributed by atoms with Crippen LogP contribution in [0.3, 0.4) is 0 Å². The minimum absolute atomic E-state index is 0.0120. The van der Waals surface area contributed by atoms with Crippen molar-refractivity contribution in [1.82, 2.24) is 5.32 Å². The van der Waals surface area contributed by atoms with Crippen LogP contribution >= 0.6 is 0 Å². The number of carboxylic acids is 1. The van der Waals surface area contributed by atoms with Crippen molar-refractivity contribution in [3.8, 4) is 0 Å². The number of amides is 2. The number of nitrogens with one attached hydrogen (secondary N) is 1. The lowest BCUT2D eigenvalue weighted by atomic mass is 10.2. The van der Waals surface area contributed by atoms with Gasteiger partial charge in [0.05, 0.1) is 0 Å². The molecule has 74 valence electrons. The first-order valence-corrected chi connectivity index (χ1v) is 3.74. The standard InChI is InChI=1S/C7H12N2O4/c1-4(7(12)13)6(11)9-3-2-5(8)10/h4H,2-3H2,1H3,(H2,8,10)(H,9,11)(H,12,13). The summed E-state index contributed by atoms with van der Waals surface area (Å²) in [4.78, 5) is 31.4. The van der Waals surface area contributed by atoms with E-state index >= 15 is 0 Å². The van der Waals surface area contributed by atoms with Crippen LogP contribution in [0.5, 0.6) is 0 Å². The molecular weight excluding hydrogens is 176 g/mol. The van der Waals surface area contributed by atoms with Crippen LogP contribution in [0.2, 0.25) is 0 Å². The highest BCUT2D eigenvalue weighted by Crippen LogP contribution is 1.93. The highest BCUT2D eigenvalue weighted by Gasteiger charge is 2.19. The lowest BCUT2D eigenvalue weighted by molar-refractivity contribution is -0.146. The van der Waals surface area contributed by atoms with Gasteiger partial charge >= 0.3 is 5.97 Å². The van der Waals surface area contributed by atoms with E-state index < -0.39 is 23.7 Å². The number of aliphatic carboxylic acids is 1. The average Bonchev–Trinajstić information content (AvgIpc) is 2.02. The summed E-state index contributed by atoms with van der Waals surface area (Å²) in [7, 11) is 0. The van der Waals surface area contributed by atoms with E-state index in [1.54, 1.807) is 0 Å². The van der Waals surface area contributed by atoms with Crippen LogP contribution in [-0.4, -0.2) is 29.4 Å². The molecule has 4 N–H and O–H groups in total. The van der Waals surface area contributed by atoms with E-state index in [1.165, 1.54) is 6.92 Å². The van der Waals surface area contributed by atoms with E-state index in [-0.39, 0.29) is 13.0 Å². The molecule has 0 heterocycles. The van der Waals surface area contributed by atoms with Gasteiger partial charge in [-0.3, -0.25) is 14.4 Å². The quantitative estimate of drug-likeness (QED) is 0.465. The second-order valence-electron chi connectivity index (χ2n) is 2.57. The Bertz CT molecular complexity index is 227. The highest BCUT2D eigenvalue weighted by atomic mass is 16.4. The summed E-state index contributed by atoms with van der Waals surface area (Å²) in [5.74, 6) is -3.46. The number of carbonyl (C=O) groups is 3. The first-order valence-electron chi connectivity index (χ1n) is 3.74. The smallest absolute Gasteiger partial charge is 0.315 e. The van der Waals surface area contributed by atoms with Crippen molar-refractivity contribution in [2.75, 3.05) is 6.54 Å². The van der Waals surface area contributed by atoms with Crippen molar-refractivity contribution >= 4 is 17.8 Å². The SMILES string of the molecule is CC(C(=O)O)C(=O)NCCC(N)=O. The van der Waals surface area contributed by atoms with Gasteiger partial charge in [-0.2, -0.15) is 0 Å². The van der Waals surface area contributed by atoms with E-state index in [1.807, 2.05) is 0 Å². The number of carboxylic acid groups (broad SMARTS) is 1. The molecule has 0 fully saturated rings. The van der Waals surface area contributed by atoms with Gasteiger partial charge in [-0.1, -0.05) is 0 Å². The van der Waals surface area contributed by atoms with Gasteiger partial charge in [0.1, 0.15) is 5.92 Å². The molecule has 2 amide bonds. The Labute approximate surface area is 75.1 Å². The third kappa shape index (κ3) is 4.78. The maximum Gasteiger partial charge on any atom is 0.315 e. The molecule has 0 aromatic heterocycles. The number of hydrogen-bond acceptors (Lipinski definition) is 3. The van der Waals surface area contributed by atoms with Crippen LogP contribution in [0.1, 0.15) is 13.3 Å². The first kappa shape index (κ1) is 11.4. The molecule has 0 radical (unpaired) electrons. The summed E-state index contributed by atoms with van der Waals surface area (Å²) in [6.07, 6.45) is 0.0120. The molecule has 6 heteroatoms. The van der Waals surface area contributed by atoms with Gasteiger partial charge in [0.2, 0.25) is 11.8 Å². The molecule has 0 aliphatic rings. The van der Waals surface area contributed by atoms with E-state index in [9.17, 15) is 14.4 Å². The Balaban J connectivity index is 3.75. The monoisotopic (exact) mass is 188 g/mol. The first-order chi connectivity index (χ1) is 5.95. The molecule has 1 atom stereocenters. The molecule has 0 bridgehead atoms. The van der Waals surface area contributed by atoms with Crippen LogP contribution in [0.25, 0.3) is 0 Å². The van der Waals surface area contributed by atoms with Crippen LogP contribution in [0.15, 0.2) is 0 Å². The zero-order valence-electron chi connectivity index (χ0n) is 7.24. The summed E-state index contributed by atoms with van der Waals surface area (Å²) in [6.45, 7) is 1.34. The van der Waals surface area contributed by atoms with Crippen molar-refractivity contribution < 1.29 is 19.5 Å². The second-order valence-corrected chi connectivity index (χ2v) is 2.57. The Kier molecular flexibility index (Phi) is 4.50. The molecule has 6 nitrogen and oxygen atoms in total. The average molecular weight is 188 g/mol. The molecule has 0 saturated heterocycles. The van der Waals surface area contributed by atoms with Gasteiger partial charge in [0.25, 0.3) is 0 Å². The lowest BCUT2D eigenvalue weighted by Gasteiger charge is -2.06. The maximum absolute atomic E-state index is 10.9. The Hall–Kier alpha value is -1.59. The van der Waals surface area contributed by atoms with Crippen LogP contribution in [0, 0.1) is 5.92 Å². The molecule has 13 heavy (non-hydrogen) atoms. The summed E-state index contributed by atoms with van der Waals surface area (Å²) in [6, 6.07) is 0. The number of primary amides is 1. The largest absolute Gasteiger partial charge is 0.481 e. The third-order valence-corrected chi connectivity index (χ3v) is 1.43. The number of carbonyl (C=O) groups excluding carboxylic acids is 2. The molecular formula is C7H12N2O4. The van der Waals surface area contributed by atoms with Gasteiger partial charge in [-0.15, -0.1) is 0 Å². The minimum Gasteiger partial charge on any atom is -0.481 e. The van der Waals surface area contributed by atoms with Gasteiger partial charge in [0, 0.05) is 13.0 Å². The van der Waals surface area contributed by atoms with Gasteiger partial charge in [-0.25, -0.2) is 0 Å². The number of rotatable bonds is 5. The molecule has 0 saturated carbocycles. The number of nitrogens with two attached hydrogens (primary N) is 1. The van der Waals surface area contributed by atoms with Crippen LogP contribution < -0.4 is 11.1 Å². The van der Waals surface area contributed by atoms with E-state index in [0.717, 1.165) is 0 Å². The fourth-order valence-corrected chi connectivity index (χ4v) is 0.574. The van der Waals surface area contributed by atoms with Gasteiger partial charge in [-0.05, 0) is 6.92 Å². The van der Waals surface area contributed by atoms with E-state index in [4.69, 9.17) is 10.8 Å². The second kappa shape index (κ2) is 5.13.